The number of alkyl halides is 2. The lowest BCUT2D eigenvalue weighted by atomic mass is 9.49. The number of halogens is 2. The Bertz CT molecular complexity index is 1260. The van der Waals surface area contributed by atoms with Gasteiger partial charge in [-0.15, -0.1) is 0 Å². The summed E-state index contributed by atoms with van der Waals surface area (Å²) in [6.07, 6.45) is -1.82. The Kier molecular flexibility index (Phi) is 7.12. The SMILES string of the molecule is CCC1(OC(=O)C2C3OC4C(OC(=O)C42)C3OC(=O)CCC(=O)OC(C)C(F)(F)S(=O)(=O)O)C2CC3CC(C2)CC1C3. The maximum absolute atomic E-state index is 13.8. The topological polar surface area (TPSA) is 169 Å². The summed E-state index contributed by atoms with van der Waals surface area (Å²) in [6.45, 7) is 2.60. The van der Waals surface area contributed by atoms with Crippen molar-refractivity contribution in [3.8, 4) is 0 Å². The minimum atomic E-state index is -5.84. The molecule has 4 saturated carbocycles. The van der Waals surface area contributed by atoms with Crippen LogP contribution in [0.15, 0.2) is 0 Å². The van der Waals surface area contributed by atoms with E-state index in [0.717, 1.165) is 25.7 Å². The number of rotatable bonds is 10. The molecule has 3 aliphatic heterocycles. The quantitative estimate of drug-likeness (QED) is 0.215. The van der Waals surface area contributed by atoms with Gasteiger partial charge < -0.3 is 23.7 Å². The van der Waals surface area contributed by atoms with Crippen molar-refractivity contribution < 1.29 is 64.6 Å². The molecule has 7 fully saturated rings. The minimum absolute atomic E-state index is 0.263. The van der Waals surface area contributed by atoms with E-state index in [4.69, 9.17) is 23.5 Å². The molecule has 3 heterocycles. The highest BCUT2D eigenvalue weighted by molar-refractivity contribution is 7.86. The second kappa shape index (κ2) is 10.1. The van der Waals surface area contributed by atoms with Crippen LogP contribution in [0.5, 0.6) is 0 Å². The van der Waals surface area contributed by atoms with Crippen LogP contribution >= 0.6 is 0 Å². The Balaban J connectivity index is 1.09. The summed E-state index contributed by atoms with van der Waals surface area (Å²) in [5, 5.41) is -4.75. The van der Waals surface area contributed by atoms with Crippen LogP contribution in [0, 0.1) is 35.5 Å². The summed E-state index contributed by atoms with van der Waals surface area (Å²) in [6, 6.07) is 0. The molecule has 0 radical (unpaired) electrons. The Morgan fingerprint density at radius 3 is 2.19 bits per heavy atom. The number of hydrogen-bond acceptors (Lipinski definition) is 11. The van der Waals surface area contributed by atoms with Gasteiger partial charge in [0.05, 0.1) is 12.8 Å². The van der Waals surface area contributed by atoms with Crippen molar-refractivity contribution in [3.63, 3.8) is 0 Å². The molecule has 7 atom stereocenters. The third-order valence-electron chi connectivity index (χ3n) is 10.5. The fourth-order valence-electron chi connectivity index (χ4n) is 8.74. The number of esters is 4. The normalized spacial score (nSPS) is 41.9. The summed E-state index contributed by atoms with van der Waals surface area (Å²) in [7, 11) is -5.84. The van der Waals surface area contributed by atoms with Gasteiger partial charge in [-0.05, 0) is 69.1 Å². The molecule has 4 aliphatic carbocycles. The third-order valence-corrected chi connectivity index (χ3v) is 11.5. The molecule has 0 aromatic heterocycles. The largest absolute Gasteiger partial charge is 0.458 e. The van der Waals surface area contributed by atoms with E-state index in [-0.39, 0.29) is 11.8 Å². The summed E-state index contributed by atoms with van der Waals surface area (Å²) in [5.74, 6) is -3.59. The number of carbonyl (C=O) groups excluding carboxylic acids is 4. The average molecular weight is 621 g/mol. The van der Waals surface area contributed by atoms with Gasteiger partial charge >= 0.3 is 39.2 Å². The van der Waals surface area contributed by atoms with E-state index in [1.807, 2.05) is 6.92 Å². The molecule has 12 nitrogen and oxygen atoms in total. The molecule has 1 N–H and O–H groups in total. The van der Waals surface area contributed by atoms with Crippen molar-refractivity contribution >= 4 is 34.0 Å². The van der Waals surface area contributed by atoms with Crippen LogP contribution in [-0.2, 0) is 53.0 Å². The van der Waals surface area contributed by atoms with E-state index >= 15 is 0 Å². The van der Waals surface area contributed by atoms with Gasteiger partial charge in [0.1, 0.15) is 29.6 Å². The fraction of sp³-hybridized carbons (Fsp3) is 0.852. The van der Waals surface area contributed by atoms with Gasteiger partial charge in [0.15, 0.2) is 18.3 Å². The lowest BCUT2D eigenvalue weighted by Crippen LogP contribution is -2.60. The molecule has 0 aromatic rings. The van der Waals surface area contributed by atoms with Crippen LogP contribution in [0.25, 0.3) is 0 Å². The second-order valence-corrected chi connectivity index (χ2v) is 14.2. The maximum atomic E-state index is 13.8. The summed E-state index contributed by atoms with van der Waals surface area (Å²) in [5.41, 5.74) is -0.607. The monoisotopic (exact) mass is 620 g/mol. The van der Waals surface area contributed by atoms with Crippen molar-refractivity contribution in [3.05, 3.63) is 0 Å². The maximum Gasteiger partial charge on any atom is 0.405 e. The first-order valence-electron chi connectivity index (χ1n) is 14.5. The summed E-state index contributed by atoms with van der Waals surface area (Å²) in [4.78, 5) is 51.1. The van der Waals surface area contributed by atoms with Gasteiger partial charge in [-0.2, -0.15) is 17.2 Å². The zero-order valence-corrected chi connectivity index (χ0v) is 23.9. The highest BCUT2D eigenvalue weighted by Gasteiger charge is 2.73. The number of hydrogen-bond donors (Lipinski definition) is 1. The molecule has 0 amide bonds. The molecule has 0 spiro atoms. The van der Waals surface area contributed by atoms with Crippen LogP contribution in [0.1, 0.15) is 65.2 Å². The van der Waals surface area contributed by atoms with Gasteiger partial charge in [0, 0.05) is 0 Å². The van der Waals surface area contributed by atoms with Crippen molar-refractivity contribution in [1.29, 1.82) is 0 Å². The Labute approximate surface area is 240 Å². The molecule has 42 heavy (non-hydrogen) atoms. The molecule has 234 valence electrons. The van der Waals surface area contributed by atoms with Crippen LogP contribution < -0.4 is 0 Å². The molecule has 7 rings (SSSR count). The van der Waals surface area contributed by atoms with E-state index in [9.17, 15) is 36.4 Å². The van der Waals surface area contributed by atoms with Gasteiger partial charge in [-0.25, -0.2) is 0 Å². The Hall–Kier alpha value is -2.39. The first-order valence-corrected chi connectivity index (χ1v) is 15.9. The van der Waals surface area contributed by atoms with Gasteiger partial charge in [-0.1, -0.05) is 6.92 Å². The minimum Gasteiger partial charge on any atom is -0.458 e. The highest BCUT2D eigenvalue weighted by atomic mass is 32.2. The number of ether oxygens (including phenoxy) is 5. The van der Waals surface area contributed by atoms with E-state index in [1.165, 1.54) is 6.42 Å². The molecule has 15 heteroatoms. The Morgan fingerprint density at radius 2 is 1.62 bits per heavy atom. The molecule has 7 unspecified atom stereocenters. The molecule has 3 saturated heterocycles. The highest BCUT2D eigenvalue weighted by Crippen LogP contribution is 2.61. The smallest absolute Gasteiger partial charge is 0.405 e. The van der Waals surface area contributed by atoms with Crippen LogP contribution in [0.3, 0.4) is 0 Å². The molecular weight excluding hydrogens is 586 g/mol. The number of fused-ring (bicyclic) bond motifs is 1. The summed E-state index contributed by atoms with van der Waals surface area (Å²) >= 11 is 0. The van der Waals surface area contributed by atoms with Crippen molar-refractivity contribution in [2.75, 3.05) is 0 Å². The van der Waals surface area contributed by atoms with E-state index < -0.39 is 100 Å². The van der Waals surface area contributed by atoms with Gasteiger partial charge in [-0.3, -0.25) is 23.7 Å². The molecule has 0 aromatic carbocycles. The fourth-order valence-corrected chi connectivity index (χ4v) is 9.21. The second-order valence-electron chi connectivity index (χ2n) is 12.7. The van der Waals surface area contributed by atoms with Crippen LogP contribution in [-0.4, -0.2) is 78.2 Å². The van der Waals surface area contributed by atoms with Crippen molar-refractivity contribution in [2.45, 2.75) is 107 Å². The predicted molar refractivity (Wildman–Crippen MR) is 133 cm³/mol. The Morgan fingerprint density at radius 1 is 1.02 bits per heavy atom. The first-order chi connectivity index (χ1) is 19.7. The number of carbonyl (C=O) groups is 4. The van der Waals surface area contributed by atoms with E-state index in [2.05, 4.69) is 4.74 Å². The summed E-state index contributed by atoms with van der Waals surface area (Å²) < 4.78 is 85.1. The zero-order chi connectivity index (χ0) is 30.4. The van der Waals surface area contributed by atoms with Gasteiger partial charge in [0.2, 0.25) is 0 Å². The van der Waals surface area contributed by atoms with E-state index in [0.29, 0.717) is 25.2 Å². The molecule has 7 aliphatic rings. The van der Waals surface area contributed by atoms with Crippen molar-refractivity contribution in [1.82, 2.24) is 0 Å². The molecule has 6 bridgehead atoms. The lowest BCUT2D eigenvalue weighted by Gasteiger charge is -2.60. The van der Waals surface area contributed by atoms with Crippen LogP contribution in [0.2, 0.25) is 0 Å². The average Bonchev–Trinajstić information content (AvgIpc) is 3.52. The van der Waals surface area contributed by atoms with Crippen molar-refractivity contribution in [2.24, 2.45) is 35.5 Å². The van der Waals surface area contributed by atoms with E-state index in [1.54, 1.807) is 0 Å². The standard InChI is InChI=1S/C27H34F2O12S/c1-3-26(14-7-12-6-13(9-14)10-15(26)8-12)41-25(33)19-18-20-23(40-24(18)32)22(21(19)39-20)38-17(31)5-4-16(30)37-11(2)27(28,29)42(34,35)36/h11-15,18-23H,3-10H2,1-2H3,(H,34,35,36). The van der Waals surface area contributed by atoms with Crippen LogP contribution in [0.4, 0.5) is 8.78 Å². The zero-order valence-electron chi connectivity index (χ0n) is 23.1. The predicted octanol–water partition coefficient (Wildman–Crippen LogP) is 2.18. The third kappa shape index (κ3) is 4.52. The first kappa shape index (κ1) is 29.7. The molecular formula is C27H34F2O12S. The van der Waals surface area contributed by atoms with Gasteiger partial charge in [0.25, 0.3) is 0 Å². The lowest BCUT2D eigenvalue weighted by molar-refractivity contribution is -0.217.